The summed E-state index contributed by atoms with van der Waals surface area (Å²) in [7, 11) is 5.96. The maximum absolute atomic E-state index is 13.2. The molecule has 0 heterocycles. The lowest BCUT2D eigenvalue weighted by atomic mass is 10.2. The first kappa shape index (κ1) is 11.8. The van der Waals surface area contributed by atoms with E-state index in [0.29, 0.717) is 0 Å². The second kappa shape index (κ2) is 4.98. The van der Waals surface area contributed by atoms with E-state index < -0.39 is 0 Å². The molecule has 3 nitrogen and oxygen atoms in total. The molecule has 0 aliphatic carbocycles. The van der Waals surface area contributed by atoms with Gasteiger partial charge in [0, 0.05) is 25.8 Å². The fourth-order valence-electron chi connectivity index (χ4n) is 1.23. The second-order valence-corrected chi connectivity index (χ2v) is 3.93. The van der Waals surface area contributed by atoms with Crippen LogP contribution < -0.4 is 10.6 Å². The van der Waals surface area contributed by atoms with Gasteiger partial charge in [0.05, 0.1) is 5.69 Å². The van der Waals surface area contributed by atoms with E-state index in [0.717, 1.165) is 18.8 Å². The van der Waals surface area contributed by atoms with Gasteiger partial charge in [-0.2, -0.15) is 0 Å². The Morgan fingerprint density at radius 1 is 1.20 bits per heavy atom. The van der Waals surface area contributed by atoms with E-state index in [1.54, 1.807) is 6.07 Å². The van der Waals surface area contributed by atoms with Gasteiger partial charge in [0.2, 0.25) is 0 Å². The lowest BCUT2D eigenvalue weighted by Crippen LogP contribution is -2.28. The number of likely N-dealkylation sites (N-methyl/N-ethyl adjacent to an activating group) is 2. The summed E-state index contributed by atoms with van der Waals surface area (Å²) in [5.41, 5.74) is 6.45. The lowest BCUT2D eigenvalue weighted by molar-refractivity contribution is 0.416. The van der Waals surface area contributed by atoms with Crippen molar-refractivity contribution in [2.45, 2.75) is 0 Å². The highest BCUT2D eigenvalue weighted by atomic mass is 19.1. The minimum atomic E-state index is -0.357. The summed E-state index contributed by atoms with van der Waals surface area (Å²) in [5.74, 6) is -0.357. The van der Waals surface area contributed by atoms with E-state index in [1.165, 1.54) is 6.07 Å². The first-order valence-electron chi connectivity index (χ1n) is 4.91. The van der Waals surface area contributed by atoms with Crippen LogP contribution in [-0.4, -0.2) is 39.1 Å². The SMILES string of the molecule is CN(C)CCN(C)c1ccc(N)c(F)c1. The molecule has 1 aromatic carbocycles. The van der Waals surface area contributed by atoms with Crippen LogP contribution in [0.4, 0.5) is 15.8 Å². The Bertz CT molecular complexity index is 326. The Morgan fingerprint density at radius 3 is 2.40 bits per heavy atom. The number of nitrogens with two attached hydrogens (primary N) is 1. The van der Waals surface area contributed by atoms with Crippen molar-refractivity contribution in [3.63, 3.8) is 0 Å². The number of halogens is 1. The van der Waals surface area contributed by atoms with Gasteiger partial charge in [0.1, 0.15) is 5.82 Å². The van der Waals surface area contributed by atoms with Crippen molar-refractivity contribution in [3.05, 3.63) is 24.0 Å². The quantitative estimate of drug-likeness (QED) is 0.764. The van der Waals surface area contributed by atoms with Crippen LogP contribution >= 0.6 is 0 Å². The first-order valence-corrected chi connectivity index (χ1v) is 4.91. The number of nitrogen functional groups attached to an aromatic ring is 1. The summed E-state index contributed by atoms with van der Waals surface area (Å²) in [6.45, 7) is 1.79. The summed E-state index contributed by atoms with van der Waals surface area (Å²) >= 11 is 0. The molecule has 0 aliphatic heterocycles. The van der Waals surface area contributed by atoms with Crippen LogP contribution in [0.25, 0.3) is 0 Å². The van der Waals surface area contributed by atoms with Crippen LogP contribution in [0.2, 0.25) is 0 Å². The molecule has 2 N–H and O–H groups in total. The van der Waals surface area contributed by atoms with Gasteiger partial charge in [-0.1, -0.05) is 0 Å². The second-order valence-electron chi connectivity index (χ2n) is 3.93. The summed E-state index contributed by atoms with van der Waals surface area (Å²) in [5, 5.41) is 0. The molecule has 0 unspecified atom stereocenters. The number of benzene rings is 1. The Balaban J connectivity index is 2.65. The van der Waals surface area contributed by atoms with Gasteiger partial charge in [-0.05, 0) is 32.3 Å². The molecule has 0 aromatic heterocycles. The minimum Gasteiger partial charge on any atom is -0.396 e. The van der Waals surface area contributed by atoms with Gasteiger partial charge in [-0.3, -0.25) is 0 Å². The Kier molecular flexibility index (Phi) is 3.91. The van der Waals surface area contributed by atoms with Crippen molar-refractivity contribution < 1.29 is 4.39 Å². The van der Waals surface area contributed by atoms with Gasteiger partial charge in [0.25, 0.3) is 0 Å². The standard InChI is InChI=1S/C11H18FN3/c1-14(2)6-7-15(3)9-4-5-11(13)10(12)8-9/h4-5,8H,6-7,13H2,1-3H3. The molecule has 1 aromatic rings. The van der Waals surface area contributed by atoms with Gasteiger partial charge >= 0.3 is 0 Å². The highest BCUT2D eigenvalue weighted by Crippen LogP contribution is 2.18. The smallest absolute Gasteiger partial charge is 0.148 e. The monoisotopic (exact) mass is 211 g/mol. The van der Waals surface area contributed by atoms with E-state index in [9.17, 15) is 4.39 Å². The zero-order chi connectivity index (χ0) is 11.4. The summed E-state index contributed by atoms with van der Waals surface area (Å²) < 4.78 is 13.2. The normalized spacial score (nSPS) is 10.7. The highest BCUT2D eigenvalue weighted by molar-refractivity contribution is 5.53. The van der Waals surface area contributed by atoms with Gasteiger partial charge < -0.3 is 15.5 Å². The van der Waals surface area contributed by atoms with E-state index >= 15 is 0 Å². The highest BCUT2D eigenvalue weighted by Gasteiger charge is 2.04. The average molecular weight is 211 g/mol. The van der Waals surface area contributed by atoms with Crippen molar-refractivity contribution in [3.8, 4) is 0 Å². The Morgan fingerprint density at radius 2 is 1.87 bits per heavy atom. The summed E-state index contributed by atoms with van der Waals surface area (Å²) in [6, 6.07) is 4.88. The van der Waals surface area contributed by atoms with Crippen LogP contribution in [0.15, 0.2) is 18.2 Å². The fourth-order valence-corrected chi connectivity index (χ4v) is 1.23. The van der Waals surface area contributed by atoms with Crippen molar-refractivity contribution in [2.24, 2.45) is 0 Å². The molecule has 1 rings (SSSR count). The lowest BCUT2D eigenvalue weighted by Gasteiger charge is -2.21. The van der Waals surface area contributed by atoms with Crippen molar-refractivity contribution >= 4 is 11.4 Å². The van der Waals surface area contributed by atoms with Crippen LogP contribution in [-0.2, 0) is 0 Å². The van der Waals surface area contributed by atoms with Crippen molar-refractivity contribution in [2.75, 3.05) is 44.9 Å². The van der Waals surface area contributed by atoms with Gasteiger partial charge in [-0.25, -0.2) is 4.39 Å². The zero-order valence-electron chi connectivity index (χ0n) is 9.50. The average Bonchev–Trinajstić information content (AvgIpc) is 2.18. The zero-order valence-corrected chi connectivity index (χ0v) is 9.50. The number of nitrogens with zero attached hydrogens (tertiary/aromatic N) is 2. The summed E-state index contributed by atoms with van der Waals surface area (Å²) in [6.07, 6.45) is 0. The van der Waals surface area contributed by atoms with Crippen LogP contribution in [0.3, 0.4) is 0 Å². The topological polar surface area (TPSA) is 32.5 Å². The van der Waals surface area contributed by atoms with E-state index in [4.69, 9.17) is 5.73 Å². The van der Waals surface area contributed by atoms with Crippen LogP contribution in [0.5, 0.6) is 0 Å². The predicted molar refractivity (Wildman–Crippen MR) is 62.6 cm³/mol. The van der Waals surface area contributed by atoms with Crippen LogP contribution in [0.1, 0.15) is 0 Å². The molecular formula is C11H18FN3. The molecule has 0 aliphatic rings. The summed E-state index contributed by atoms with van der Waals surface area (Å²) in [4.78, 5) is 4.09. The van der Waals surface area contributed by atoms with Crippen molar-refractivity contribution in [1.29, 1.82) is 0 Å². The minimum absolute atomic E-state index is 0.194. The maximum atomic E-state index is 13.2. The molecule has 84 valence electrons. The number of hydrogen-bond donors (Lipinski definition) is 1. The molecule has 0 radical (unpaired) electrons. The van der Waals surface area contributed by atoms with E-state index in [-0.39, 0.29) is 11.5 Å². The third kappa shape index (κ3) is 3.40. The van der Waals surface area contributed by atoms with Gasteiger partial charge in [-0.15, -0.1) is 0 Å². The number of anilines is 2. The predicted octanol–water partition coefficient (Wildman–Crippen LogP) is 1.41. The molecule has 0 saturated carbocycles. The largest absolute Gasteiger partial charge is 0.396 e. The van der Waals surface area contributed by atoms with Gasteiger partial charge in [0.15, 0.2) is 0 Å². The number of hydrogen-bond acceptors (Lipinski definition) is 3. The van der Waals surface area contributed by atoms with E-state index in [2.05, 4.69) is 4.90 Å². The Labute approximate surface area is 90.3 Å². The third-order valence-electron chi connectivity index (χ3n) is 2.31. The molecule has 4 heteroatoms. The van der Waals surface area contributed by atoms with E-state index in [1.807, 2.05) is 32.1 Å². The molecule has 0 fully saturated rings. The number of rotatable bonds is 4. The van der Waals surface area contributed by atoms with Crippen LogP contribution in [0, 0.1) is 5.82 Å². The molecular weight excluding hydrogens is 193 g/mol. The molecule has 0 atom stereocenters. The molecule has 0 bridgehead atoms. The maximum Gasteiger partial charge on any atom is 0.148 e. The molecule has 15 heavy (non-hydrogen) atoms. The third-order valence-corrected chi connectivity index (χ3v) is 2.31. The molecule has 0 spiro atoms. The fraction of sp³-hybridized carbons (Fsp3) is 0.455. The molecule has 0 amide bonds. The first-order chi connectivity index (χ1) is 7.00. The van der Waals surface area contributed by atoms with Crippen molar-refractivity contribution in [1.82, 2.24) is 4.90 Å². The molecule has 0 saturated heterocycles. The Hall–Kier alpha value is -1.29.